The predicted octanol–water partition coefficient (Wildman–Crippen LogP) is 2.73. The average Bonchev–Trinajstić information content (AvgIpc) is 3.32. The van der Waals surface area contributed by atoms with Crippen LogP contribution < -0.4 is 10.2 Å². The summed E-state index contributed by atoms with van der Waals surface area (Å²) in [4.78, 5) is 12.9. The number of nitrogens with zero attached hydrogens (tertiary/aromatic N) is 2. The van der Waals surface area contributed by atoms with Gasteiger partial charge in [-0.15, -0.1) is 11.3 Å². The molecule has 3 aromatic rings. The summed E-state index contributed by atoms with van der Waals surface area (Å²) in [6, 6.07) is 4.40. The second-order valence-electron chi connectivity index (χ2n) is 6.50. The van der Waals surface area contributed by atoms with Crippen LogP contribution in [0, 0.1) is 13.8 Å². The Bertz CT molecular complexity index is 821. The molecule has 0 saturated carbocycles. The second kappa shape index (κ2) is 6.53. The van der Waals surface area contributed by atoms with Crippen LogP contribution in [-0.4, -0.2) is 29.6 Å². The number of aryl methyl sites for hydroxylation is 2. The highest BCUT2D eigenvalue weighted by molar-refractivity contribution is 7.18. The molecule has 1 aliphatic heterocycles. The maximum Gasteiger partial charge on any atom is 0.163 e. The van der Waals surface area contributed by atoms with Crippen molar-refractivity contribution in [3.8, 4) is 0 Å². The van der Waals surface area contributed by atoms with E-state index in [1.54, 1.807) is 28.8 Å². The van der Waals surface area contributed by atoms with Crippen molar-refractivity contribution in [1.29, 1.82) is 0 Å². The van der Waals surface area contributed by atoms with E-state index >= 15 is 0 Å². The number of anilines is 1. The van der Waals surface area contributed by atoms with Gasteiger partial charge in [-0.05, 0) is 31.5 Å². The zero-order valence-electron chi connectivity index (χ0n) is 14.1. The first-order chi connectivity index (χ1) is 11.7. The Morgan fingerprint density at radius 1 is 1.29 bits per heavy atom. The number of likely N-dealkylation sites (tertiary alicyclic amines) is 1. The highest BCUT2D eigenvalue weighted by Gasteiger charge is 2.29. The molecule has 0 bridgehead atoms. The molecule has 3 aromatic heterocycles. The van der Waals surface area contributed by atoms with Crippen molar-refractivity contribution in [2.75, 3.05) is 25.0 Å². The third kappa shape index (κ3) is 2.80. The minimum absolute atomic E-state index is 0.326. The summed E-state index contributed by atoms with van der Waals surface area (Å²) in [6.45, 7) is 7.54. The number of rotatable bonds is 5. The number of quaternary nitrogens is 1. The molecule has 1 aliphatic rings. The molecule has 1 atom stereocenters. The van der Waals surface area contributed by atoms with Crippen LogP contribution in [0.1, 0.15) is 35.1 Å². The van der Waals surface area contributed by atoms with Crippen LogP contribution in [0.15, 0.2) is 29.1 Å². The first-order valence-corrected chi connectivity index (χ1v) is 9.38. The van der Waals surface area contributed by atoms with Crippen LogP contribution in [0.2, 0.25) is 0 Å². The molecule has 126 valence electrons. The molecular formula is C18H23N4OS+. The van der Waals surface area contributed by atoms with Crippen LogP contribution in [0.25, 0.3) is 10.2 Å². The van der Waals surface area contributed by atoms with Gasteiger partial charge in [0.2, 0.25) is 0 Å². The maximum atomic E-state index is 5.72. The largest absolute Gasteiger partial charge is 0.463 e. The highest BCUT2D eigenvalue weighted by Crippen LogP contribution is 2.32. The molecule has 1 saturated heterocycles. The van der Waals surface area contributed by atoms with Crippen LogP contribution in [-0.2, 0) is 0 Å². The zero-order chi connectivity index (χ0) is 16.5. The number of furan rings is 1. The summed E-state index contributed by atoms with van der Waals surface area (Å²) in [5.41, 5.74) is 1.28. The van der Waals surface area contributed by atoms with Crippen molar-refractivity contribution in [3.05, 3.63) is 40.9 Å². The van der Waals surface area contributed by atoms with Crippen molar-refractivity contribution in [1.82, 2.24) is 9.97 Å². The Morgan fingerprint density at radius 3 is 2.88 bits per heavy atom. The average molecular weight is 343 g/mol. The summed E-state index contributed by atoms with van der Waals surface area (Å²) in [7, 11) is 0. The lowest BCUT2D eigenvalue weighted by Gasteiger charge is -2.23. The topological polar surface area (TPSA) is 55.4 Å². The summed E-state index contributed by atoms with van der Waals surface area (Å²) in [6.07, 6.45) is 6.03. The first kappa shape index (κ1) is 15.6. The number of thiophene rings is 1. The summed E-state index contributed by atoms with van der Waals surface area (Å²) < 4.78 is 5.72. The predicted molar refractivity (Wildman–Crippen MR) is 96.8 cm³/mol. The fourth-order valence-corrected chi connectivity index (χ4v) is 4.63. The van der Waals surface area contributed by atoms with E-state index in [1.807, 2.05) is 6.07 Å². The highest BCUT2D eigenvalue weighted by atomic mass is 32.1. The molecule has 4 rings (SSSR count). The smallest absolute Gasteiger partial charge is 0.163 e. The van der Waals surface area contributed by atoms with E-state index in [0.717, 1.165) is 28.3 Å². The normalized spacial score (nSPS) is 16.8. The molecule has 0 spiro atoms. The minimum Gasteiger partial charge on any atom is -0.463 e. The van der Waals surface area contributed by atoms with E-state index in [9.17, 15) is 0 Å². The van der Waals surface area contributed by atoms with Crippen LogP contribution in [0.4, 0.5) is 5.82 Å². The molecule has 1 fully saturated rings. The van der Waals surface area contributed by atoms with E-state index in [-0.39, 0.29) is 0 Å². The van der Waals surface area contributed by atoms with Gasteiger partial charge in [0.1, 0.15) is 17.0 Å². The van der Waals surface area contributed by atoms with Crippen molar-refractivity contribution < 1.29 is 9.32 Å². The summed E-state index contributed by atoms with van der Waals surface area (Å²) in [5, 5.41) is 4.74. The Morgan fingerprint density at radius 2 is 2.12 bits per heavy atom. The van der Waals surface area contributed by atoms with E-state index < -0.39 is 0 Å². The third-order valence-electron chi connectivity index (χ3n) is 5.06. The van der Waals surface area contributed by atoms with Gasteiger partial charge in [-0.1, -0.05) is 0 Å². The summed E-state index contributed by atoms with van der Waals surface area (Å²) >= 11 is 1.74. The van der Waals surface area contributed by atoms with Gasteiger partial charge >= 0.3 is 0 Å². The van der Waals surface area contributed by atoms with E-state index in [2.05, 4.69) is 35.2 Å². The molecule has 0 aliphatic carbocycles. The standard InChI is InChI=1S/C18H22N4OS/c1-12-13(2)24-18-16(12)17(20-11-21-18)19-10-14(15-6-5-9-23-15)22-7-3-4-8-22/h5-6,9,11,14H,3-4,7-8,10H2,1-2H3,(H,19,20,21)/p+1/t14-/m0/s1. The molecule has 0 amide bonds. The number of nitrogens with one attached hydrogen (secondary N) is 2. The van der Waals surface area contributed by atoms with Gasteiger partial charge in [-0.2, -0.15) is 0 Å². The number of hydrogen-bond acceptors (Lipinski definition) is 5. The van der Waals surface area contributed by atoms with Gasteiger partial charge in [0.15, 0.2) is 11.8 Å². The molecule has 5 nitrogen and oxygen atoms in total. The Kier molecular flexibility index (Phi) is 4.24. The second-order valence-corrected chi connectivity index (χ2v) is 7.70. The lowest BCUT2D eigenvalue weighted by Crippen LogP contribution is -3.11. The van der Waals surface area contributed by atoms with Gasteiger partial charge in [0.05, 0.1) is 31.3 Å². The number of fused-ring (bicyclic) bond motifs is 1. The van der Waals surface area contributed by atoms with E-state index in [1.165, 1.54) is 36.4 Å². The molecule has 6 heteroatoms. The number of hydrogen-bond donors (Lipinski definition) is 2. The van der Waals surface area contributed by atoms with Crippen molar-refractivity contribution in [3.63, 3.8) is 0 Å². The minimum atomic E-state index is 0.326. The van der Waals surface area contributed by atoms with Crippen LogP contribution >= 0.6 is 11.3 Å². The Balaban J connectivity index is 1.60. The SMILES string of the molecule is Cc1sc2ncnc(NC[C@@H](c3ccco3)[NH+]3CCCC3)c2c1C. The van der Waals surface area contributed by atoms with Crippen molar-refractivity contribution in [2.45, 2.75) is 32.7 Å². The molecular weight excluding hydrogens is 320 g/mol. The van der Waals surface area contributed by atoms with Crippen molar-refractivity contribution >= 4 is 27.4 Å². The van der Waals surface area contributed by atoms with Gasteiger partial charge < -0.3 is 14.6 Å². The molecule has 2 N–H and O–H groups in total. The Labute approximate surface area is 145 Å². The molecule has 0 radical (unpaired) electrons. The lowest BCUT2D eigenvalue weighted by atomic mass is 10.1. The molecule has 24 heavy (non-hydrogen) atoms. The quantitative estimate of drug-likeness (QED) is 0.748. The van der Waals surface area contributed by atoms with Gasteiger partial charge in [-0.3, -0.25) is 0 Å². The third-order valence-corrected chi connectivity index (χ3v) is 6.18. The zero-order valence-corrected chi connectivity index (χ0v) is 14.9. The first-order valence-electron chi connectivity index (χ1n) is 8.56. The van der Waals surface area contributed by atoms with Crippen molar-refractivity contribution in [2.24, 2.45) is 0 Å². The van der Waals surface area contributed by atoms with E-state index in [0.29, 0.717) is 6.04 Å². The van der Waals surface area contributed by atoms with Gasteiger partial charge in [-0.25, -0.2) is 9.97 Å². The lowest BCUT2D eigenvalue weighted by molar-refractivity contribution is -0.919. The maximum absolute atomic E-state index is 5.72. The molecule has 0 unspecified atom stereocenters. The van der Waals surface area contributed by atoms with E-state index in [4.69, 9.17) is 4.42 Å². The van der Waals surface area contributed by atoms with Crippen LogP contribution in [0.3, 0.4) is 0 Å². The van der Waals surface area contributed by atoms with Gasteiger partial charge in [0.25, 0.3) is 0 Å². The number of aromatic nitrogens is 2. The fourth-order valence-electron chi connectivity index (χ4n) is 3.63. The summed E-state index contributed by atoms with van der Waals surface area (Å²) in [5.74, 6) is 2.00. The fraction of sp³-hybridized carbons (Fsp3) is 0.444. The molecule has 4 heterocycles. The Hall–Kier alpha value is -1.92. The molecule has 0 aromatic carbocycles. The van der Waals surface area contributed by atoms with Crippen LogP contribution in [0.5, 0.6) is 0 Å². The monoisotopic (exact) mass is 343 g/mol. The van der Waals surface area contributed by atoms with Gasteiger partial charge in [0, 0.05) is 17.7 Å².